The van der Waals surface area contributed by atoms with Crippen molar-refractivity contribution in [3.05, 3.63) is 54.2 Å². The smallest absolute Gasteiger partial charge is 0.309 e. The molecule has 1 aliphatic heterocycles. The van der Waals surface area contributed by atoms with Gasteiger partial charge in [-0.2, -0.15) is 0 Å². The summed E-state index contributed by atoms with van der Waals surface area (Å²) >= 11 is 0. The highest BCUT2D eigenvalue weighted by Gasteiger charge is 2.40. The molecule has 1 saturated heterocycles. The molecule has 4 heteroatoms. The Hall–Kier alpha value is -2.20. The highest BCUT2D eigenvalue weighted by atomic mass is 16.4. The molecule has 0 radical (unpaired) electrons. The maximum Gasteiger partial charge on any atom is 0.309 e. The number of hydrogen-bond acceptors (Lipinski definition) is 3. The monoisotopic (exact) mass is 338 g/mol. The Balaban J connectivity index is 1.66. The topological polar surface area (TPSA) is 53.4 Å². The Morgan fingerprint density at radius 2 is 2.08 bits per heavy atom. The number of carboxylic acid groups (broad SMARTS) is 1. The van der Waals surface area contributed by atoms with Crippen molar-refractivity contribution in [2.24, 2.45) is 5.41 Å². The molecule has 1 fully saturated rings. The minimum atomic E-state index is -0.652. The quantitative estimate of drug-likeness (QED) is 0.803. The van der Waals surface area contributed by atoms with Crippen molar-refractivity contribution >= 4 is 16.9 Å². The van der Waals surface area contributed by atoms with Crippen molar-refractivity contribution in [2.45, 2.75) is 39.2 Å². The van der Waals surface area contributed by atoms with Gasteiger partial charge in [-0.1, -0.05) is 18.2 Å². The summed E-state index contributed by atoms with van der Waals surface area (Å²) in [7, 11) is 0. The number of rotatable bonds is 6. The molecule has 3 rings (SSSR count). The number of carbonyl (C=O) groups is 1. The van der Waals surface area contributed by atoms with Crippen molar-refractivity contribution < 1.29 is 9.90 Å². The number of pyridine rings is 1. The van der Waals surface area contributed by atoms with E-state index in [-0.39, 0.29) is 0 Å². The van der Waals surface area contributed by atoms with Crippen LogP contribution in [0.15, 0.2) is 43.0 Å². The Kier molecular flexibility index (Phi) is 5.19. The van der Waals surface area contributed by atoms with Gasteiger partial charge in [0.1, 0.15) is 0 Å². The third-order valence-corrected chi connectivity index (χ3v) is 5.39. The fraction of sp³-hybridized carbons (Fsp3) is 0.429. The molecular formula is C21H26N2O2. The molecule has 0 saturated carbocycles. The lowest BCUT2D eigenvalue weighted by Gasteiger charge is -2.39. The summed E-state index contributed by atoms with van der Waals surface area (Å²) in [6.45, 7) is 8.25. The second-order valence-electron chi connectivity index (χ2n) is 7.17. The number of aliphatic carboxylic acids is 1. The first-order valence-corrected chi connectivity index (χ1v) is 8.95. The number of piperidine rings is 1. The number of nitrogens with zero attached hydrogens (tertiary/aromatic N) is 2. The fourth-order valence-electron chi connectivity index (χ4n) is 3.72. The van der Waals surface area contributed by atoms with Crippen LogP contribution in [0.5, 0.6) is 0 Å². The standard InChI is InChI=1S/C21H26N2O2/c1-3-4-9-21(20(24)25)10-12-23(13-11-21)15-17-6-8-19-18(14-17)7-5-16(2)22-19/h3,5-8,14H,1,4,9-13,15H2,2H3,(H,24,25). The van der Waals surface area contributed by atoms with Crippen LogP contribution in [0.25, 0.3) is 10.9 Å². The molecule has 1 N–H and O–H groups in total. The molecule has 2 aromatic rings. The maximum absolute atomic E-state index is 11.8. The summed E-state index contributed by atoms with van der Waals surface area (Å²) in [5.74, 6) is -0.652. The average Bonchev–Trinajstić information content (AvgIpc) is 2.61. The van der Waals surface area contributed by atoms with E-state index < -0.39 is 11.4 Å². The third-order valence-electron chi connectivity index (χ3n) is 5.39. The molecule has 1 aromatic carbocycles. The minimum absolute atomic E-state index is 0.574. The van der Waals surface area contributed by atoms with Crippen LogP contribution in [0, 0.1) is 12.3 Å². The zero-order valence-electron chi connectivity index (χ0n) is 14.9. The molecule has 0 spiro atoms. The Labute approximate surface area is 149 Å². The molecule has 4 nitrogen and oxygen atoms in total. The second kappa shape index (κ2) is 7.36. The van der Waals surface area contributed by atoms with Crippen LogP contribution in [0.4, 0.5) is 0 Å². The van der Waals surface area contributed by atoms with Crippen molar-refractivity contribution in [2.75, 3.05) is 13.1 Å². The van der Waals surface area contributed by atoms with Crippen LogP contribution >= 0.6 is 0 Å². The van der Waals surface area contributed by atoms with Gasteiger partial charge in [-0.05, 0) is 69.5 Å². The SMILES string of the molecule is C=CCCC1(C(=O)O)CCN(Cc2ccc3nc(C)ccc3c2)CC1. The van der Waals surface area contributed by atoms with E-state index in [0.29, 0.717) is 19.3 Å². The number of aromatic nitrogens is 1. The Morgan fingerprint density at radius 1 is 1.32 bits per heavy atom. The van der Waals surface area contributed by atoms with Crippen molar-refractivity contribution in [3.8, 4) is 0 Å². The third kappa shape index (κ3) is 3.90. The highest BCUT2D eigenvalue weighted by Crippen LogP contribution is 2.37. The molecule has 0 unspecified atom stereocenters. The van der Waals surface area contributed by atoms with Gasteiger partial charge in [0.2, 0.25) is 0 Å². The Bertz CT molecular complexity index is 777. The van der Waals surface area contributed by atoms with E-state index in [4.69, 9.17) is 0 Å². The van der Waals surface area contributed by atoms with Gasteiger partial charge >= 0.3 is 5.97 Å². The normalized spacial score (nSPS) is 17.5. The first kappa shape index (κ1) is 17.6. The van der Waals surface area contributed by atoms with E-state index in [0.717, 1.165) is 42.7 Å². The number of allylic oxidation sites excluding steroid dienone is 1. The number of hydrogen-bond donors (Lipinski definition) is 1. The van der Waals surface area contributed by atoms with Gasteiger partial charge in [0.05, 0.1) is 10.9 Å². The van der Waals surface area contributed by atoms with Crippen molar-refractivity contribution in [1.29, 1.82) is 0 Å². The van der Waals surface area contributed by atoms with Gasteiger partial charge in [-0.25, -0.2) is 0 Å². The van der Waals surface area contributed by atoms with Crippen LogP contribution in [0.2, 0.25) is 0 Å². The first-order chi connectivity index (χ1) is 12.0. The van der Waals surface area contributed by atoms with E-state index in [1.165, 1.54) is 5.56 Å². The zero-order valence-corrected chi connectivity index (χ0v) is 14.9. The van der Waals surface area contributed by atoms with Crippen molar-refractivity contribution in [3.63, 3.8) is 0 Å². The predicted molar refractivity (Wildman–Crippen MR) is 100 cm³/mol. The van der Waals surface area contributed by atoms with E-state index in [1.807, 2.05) is 19.1 Å². The summed E-state index contributed by atoms with van der Waals surface area (Å²) in [6.07, 6.45) is 4.71. The molecule has 25 heavy (non-hydrogen) atoms. The van der Waals surface area contributed by atoms with Crippen LogP contribution in [0.3, 0.4) is 0 Å². The number of carboxylic acids is 1. The lowest BCUT2D eigenvalue weighted by Crippen LogP contribution is -2.44. The van der Waals surface area contributed by atoms with Crippen LogP contribution in [0.1, 0.15) is 36.9 Å². The molecule has 0 bridgehead atoms. The fourth-order valence-corrected chi connectivity index (χ4v) is 3.72. The number of benzene rings is 1. The van der Waals surface area contributed by atoms with Gasteiger partial charge in [-0.3, -0.25) is 14.7 Å². The predicted octanol–water partition coefficient (Wildman–Crippen LogP) is 4.18. The van der Waals surface area contributed by atoms with Gasteiger partial charge in [0.25, 0.3) is 0 Å². The van der Waals surface area contributed by atoms with Gasteiger partial charge in [0, 0.05) is 17.6 Å². The van der Waals surface area contributed by atoms with E-state index in [9.17, 15) is 9.90 Å². The summed E-state index contributed by atoms with van der Waals surface area (Å²) in [6, 6.07) is 10.5. The van der Waals surface area contributed by atoms with Crippen LogP contribution in [-0.2, 0) is 11.3 Å². The number of aryl methyl sites for hydroxylation is 1. The zero-order chi connectivity index (χ0) is 17.9. The first-order valence-electron chi connectivity index (χ1n) is 8.95. The molecule has 1 aromatic heterocycles. The largest absolute Gasteiger partial charge is 0.481 e. The molecule has 1 aliphatic rings. The lowest BCUT2D eigenvalue weighted by molar-refractivity contribution is -0.152. The molecule has 0 atom stereocenters. The van der Waals surface area contributed by atoms with E-state index in [1.54, 1.807) is 0 Å². The van der Waals surface area contributed by atoms with Gasteiger partial charge in [-0.15, -0.1) is 6.58 Å². The summed E-state index contributed by atoms with van der Waals surface area (Å²) in [5, 5.41) is 10.8. The van der Waals surface area contributed by atoms with Crippen LogP contribution < -0.4 is 0 Å². The maximum atomic E-state index is 11.8. The molecule has 0 amide bonds. The number of likely N-dealkylation sites (tertiary alicyclic amines) is 1. The Morgan fingerprint density at radius 3 is 2.76 bits per heavy atom. The highest BCUT2D eigenvalue weighted by molar-refractivity contribution is 5.79. The molecule has 2 heterocycles. The average molecular weight is 338 g/mol. The van der Waals surface area contributed by atoms with Crippen molar-refractivity contribution in [1.82, 2.24) is 9.88 Å². The summed E-state index contributed by atoms with van der Waals surface area (Å²) in [4.78, 5) is 18.7. The van der Waals surface area contributed by atoms with E-state index in [2.05, 4.69) is 40.7 Å². The second-order valence-corrected chi connectivity index (χ2v) is 7.17. The summed E-state index contributed by atoms with van der Waals surface area (Å²) in [5.41, 5.74) is 2.74. The molecule has 132 valence electrons. The van der Waals surface area contributed by atoms with Gasteiger partial charge < -0.3 is 5.11 Å². The van der Waals surface area contributed by atoms with Crippen LogP contribution in [-0.4, -0.2) is 34.0 Å². The lowest BCUT2D eigenvalue weighted by atomic mass is 9.75. The molecular weight excluding hydrogens is 312 g/mol. The van der Waals surface area contributed by atoms with E-state index >= 15 is 0 Å². The van der Waals surface area contributed by atoms with Gasteiger partial charge in [0.15, 0.2) is 0 Å². The summed E-state index contributed by atoms with van der Waals surface area (Å²) < 4.78 is 0. The molecule has 0 aliphatic carbocycles. The minimum Gasteiger partial charge on any atom is -0.481 e. The number of fused-ring (bicyclic) bond motifs is 1.